The maximum absolute atomic E-state index is 5.98. The highest BCUT2D eigenvalue weighted by atomic mass is 16.7. The first kappa shape index (κ1) is 10.6. The fourth-order valence-electron chi connectivity index (χ4n) is 1.77. The average Bonchev–Trinajstić information content (AvgIpc) is 2.23. The number of ether oxygens (including phenoxy) is 2. The first-order chi connectivity index (χ1) is 7.08. The summed E-state index contributed by atoms with van der Waals surface area (Å²) < 4.78 is 11.3. The van der Waals surface area contributed by atoms with Crippen LogP contribution in [0.1, 0.15) is 25.5 Å². The molecule has 0 bridgehead atoms. The minimum atomic E-state index is -0.545. The summed E-state index contributed by atoms with van der Waals surface area (Å²) in [5.41, 5.74) is 7.09. The molecule has 1 fully saturated rings. The van der Waals surface area contributed by atoms with Gasteiger partial charge >= 0.3 is 0 Å². The van der Waals surface area contributed by atoms with Crippen LogP contribution in [0.4, 0.5) is 0 Å². The van der Waals surface area contributed by atoms with Crippen molar-refractivity contribution in [2.75, 3.05) is 6.61 Å². The Morgan fingerprint density at radius 3 is 2.60 bits per heavy atom. The van der Waals surface area contributed by atoms with Gasteiger partial charge in [-0.15, -0.1) is 0 Å². The number of benzene rings is 1. The van der Waals surface area contributed by atoms with Crippen LogP contribution in [0.3, 0.4) is 0 Å². The second-order valence-corrected chi connectivity index (χ2v) is 4.32. The molecule has 15 heavy (non-hydrogen) atoms. The van der Waals surface area contributed by atoms with Gasteiger partial charge in [-0.05, 0) is 19.4 Å². The minimum absolute atomic E-state index is 0.0741. The molecule has 0 radical (unpaired) electrons. The van der Waals surface area contributed by atoms with Crippen molar-refractivity contribution in [2.45, 2.75) is 31.8 Å². The zero-order valence-electron chi connectivity index (χ0n) is 9.14. The Morgan fingerprint density at radius 1 is 1.27 bits per heavy atom. The van der Waals surface area contributed by atoms with Crippen LogP contribution in [0.5, 0.6) is 0 Å². The van der Waals surface area contributed by atoms with Gasteiger partial charge in [0.1, 0.15) is 6.10 Å². The van der Waals surface area contributed by atoms with E-state index in [1.807, 2.05) is 44.2 Å². The van der Waals surface area contributed by atoms with E-state index in [1.54, 1.807) is 0 Å². The van der Waals surface area contributed by atoms with Gasteiger partial charge < -0.3 is 15.2 Å². The fourth-order valence-corrected chi connectivity index (χ4v) is 1.77. The fraction of sp³-hybridized carbons (Fsp3) is 0.500. The maximum Gasteiger partial charge on any atom is 0.163 e. The van der Waals surface area contributed by atoms with Crippen molar-refractivity contribution in [2.24, 2.45) is 5.73 Å². The van der Waals surface area contributed by atoms with Gasteiger partial charge in [0.05, 0.1) is 12.6 Å². The van der Waals surface area contributed by atoms with Crippen molar-refractivity contribution in [3.05, 3.63) is 35.9 Å². The Hall–Kier alpha value is -0.900. The molecule has 0 spiro atoms. The monoisotopic (exact) mass is 207 g/mol. The van der Waals surface area contributed by atoms with Crippen LogP contribution >= 0.6 is 0 Å². The van der Waals surface area contributed by atoms with E-state index in [0.717, 1.165) is 5.56 Å². The largest absolute Gasteiger partial charge is 0.349 e. The van der Waals surface area contributed by atoms with Gasteiger partial charge in [0.2, 0.25) is 0 Å². The average molecular weight is 207 g/mol. The predicted octanol–water partition coefficient (Wildman–Crippen LogP) is 1.84. The molecular weight excluding hydrogens is 190 g/mol. The van der Waals surface area contributed by atoms with Crippen LogP contribution in [0.25, 0.3) is 0 Å². The second-order valence-electron chi connectivity index (χ2n) is 4.32. The van der Waals surface area contributed by atoms with Gasteiger partial charge in [0.25, 0.3) is 0 Å². The van der Waals surface area contributed by atoms with E-state index < -0.39 is 5.79 Å². The summed E-state index contributed by atoms with van der Waals surface area (Å²) >= 11 is 0. The van der Waals surface area contributed by atoms with Crippen molar-refractivity contribution in [3.63, 3.8) is 0 Å². The summed E-state index contributed by atoms with van der Waals surface area (Å²) in [4.78, 5) is 0. The lowest BCUT2D eigenvalue weighted by Crippen LogP contribution is -2.48. The number of nitrogens with two attached hydrogens (primary N) is 1. The summed E-state index contributed by atoms with van der Waals surface area (Å²) in [5, 5.41) is 0. The van der Waals surface area contributed by atoms with E-state index >= 15 is 0 Å². The molecule has 1 aromatic rings. The third kappa shape index (κ3) is 2.37. The molecule has 2 rings (SSSR count). The molecule has 1 aliphatic heterocycles. The lowest BCUT2D eigenvalue weighted by molar-refractivity contribution is -0.281. The summed E-state index contributed by atoms with van der Waals surface area (Å²) in [7, 11) is 0. The van der Waals surface area contributed by atoms with Crippen LogP contribution in [0, 0.1) is 0 Å². The normalized spacial score (nSPS) is 30.1. The van der Waals surface area contributed by atoms with Gasteiger partial charge in [-0.25, -0.2) is 0 Å². The Bertz CT molecular complexity index is 324. The summed E-state index contributed by atoms with van der Waals surface area (Å²) in [6.07, 6.45) is -0.0741. The first-order valence-corrected chi connectivity index (χ1v) is 5.21. The lowest BCUT2D eigenvalue weighted by Gasteiger charge is -2.39. The van der Waals surface area contributed by atoms with Gasteiger partial charge in [0, 0.05) is 0 Å². The molecule has 1 aliphatic rings. The molecular formula is C12H17NO2. The molecule has 1 saturated heterocycles. The summed E-state index contributed by atoms with van der Waals surface area (Å²) in [5.74, 6) is -0.545. The first-order valence-electron chi connectivity index (χ1n) is 5.21. The topological polar surface area (TPSA) is 44.5 Å². The second kappa shape index (κ2) is 3.93. The van der Waals surface area contributed by atoms with E-state index in [1.165, 1.54) is 0 Å². The van der Waals surface area contributed by atoms with Crippen LogP contribution in [-0.4, -0.2) is 18.4 Å². The molecule has 1 aromatic carbocycles. The Morgan fingerprint density at radius 2 is 1.93 bits per heavy atom. The van der Waals surface area contributed by atoms with Gasteiger partial charge in [-0.3, -0.25) is 0 Å². The van der Waals surface area contributed by atoms with E-state index in [2.05, 4.69) is 0 Å². The van der Waals surface area contributed by atoms with Crippen LogP contribution < -0.4 is 5.73 Å². The van der Waals surface area contributed by atoms with Crippen molar-refractivity contribution < 1.29 is 9.47 Å². The molecule has 3 heteroatoms. The van der Waals surface area contributed by atoms with Crippen LogP contribution in [-0.2, 0) is 9.47 Å². The van der Waals surface area contributed by atoms with E-state index in [-0.39, 0.29) is 12.1 Å². The molecule has 0 aromatic heterocycles. The van der Waals surface area contributed by atoms with Crippen molar-refractivity contribution in [1.29, 1.82) is 0 Å². The molecule has 0 unspecified atom stereocenters. The molecule has 2 N–H and O–H groups in total. The predicted molar refractivity (Wildman–Crippen MR) is 58.3 cm³/mol. The summed E-state index contributed by atoms with van der Waals surface area (Å²) in [6, 6.07) is 9.94. The summed E-state index contributed by atoms with van der Waals surface area (Å²) in [6.45, 7) is 4.36. The highest BCUT2D eigenvalue weighted by Crippen LogP contribution is 2.31. The van der Waals surface area contributed by atoms with Gasteiger partial charge in [-0.1, -0.05) is 30.3 Å². The zero-order chi connectivity index (χ0) is 10.9. The Balaban J connectivity index is 2.20. The Kier molecular flexibility index (Phi) is 2.78. The van der Waals surface area contributed by atoms with E-state index in [4.69, 9.17) is 15.2 Å². The zero-order valence-corrected chi connectivity index (χ0v) is 9.14. The quantitative estimate of drug-likeness (QED) is 0.764. The third-order valence-corrected chi connectivity index (χ3v) is 2.55. The Labute approximate surface area is 90.2 Å². The molecule has 1 heterocycles. The number of hydrogen-bond acceptors (Lipinski definition) is 3. The maximum atomic E-state index is 5.98. The SMILES string of the molecule is CC1(C)OC[C@@H](N)[C@H](c2ccccc2)O1. The molecule has 2 atom stereocenters. The number of rotatable bonds is 1. The van der Waals surface area contributed by atoms with Crippen LogP contribution in [0.2, 0.25) is 0 Å². The smallest absolute Gasteiger partial charge is 0.163 e. The standard InChI is InChI=1S/C12H17NO2/c1-12(2)14-8-10(13)11(15-12)9-6-4-3-5-7-9/h3-7,10-11H,8,13H2,1-2H3/t10-,11+/m1/s1. The van der Waals surface area contributed by atoms with Crippen LogP contribution in [0.15, 0.2) is 30.3 Å². The minimum Gasteiger partial charge on any atom is -0.349 e. The van der Waals surface area contributed by atoms with E-state index in [0.29, 0.717) is 6.61 Å². The van der Waals surface area contributed by atoms with Crippen molar-refractivity contribution >= 4 is 0 Å². The van der Waals surface area contributed by atoms with Crippen molar-refractivity contribution in [3.8, 4) is 0 Å². The highest BCUT2D eigenvalue weighted by molar-refractivity contribution is 5.19. The lowest BCUT2D eigenvalue weighted by atomic mass is 10.0. The number of hydrogen-bond donors (Lipinski definition) is 1. The third-order valence-electron chi connectivity index (χ3n) is 2.55. The molecule has 0 saturated carbocycles. The van der Waals surface area contributed by atoms with E-state index in [9.17, 15) is 0 Å². The molecule has 0 aliphatic carbocycles. The molecule has 3 nitrogen and oxygen atoms in total. The molecule has 82 valence electrons. The van der Waals surface area contributed by atoms with Crippen molar-refractivity contribution in [1.82, 2.24) is 0 Å². The highest BCUT2D eigenvalue weighted by Gasteiger charge is 2.35. The van der Waals surface area contributed by atoms with Gasteiger partial charge in [-0.2, -0.15) is 0 Å². The van der Waals surface area contributed by atoms with Gasteiger partial charge in [0.15, 0.2) is 5.79 Å². The molecule has 0 amide bonds.